The van der Waals surface area contributed by atoms with Gasteiger partial charge >= 0.3 is 18.3 Å². The summed E-state index contributed by atoms with van der Waals surface area (Å²) < 4.78 is 34.3. The van der Waals surface area contributed by atoms with E-state index in [4.69, 9.17) is 39.7 Å². The Morgan fingerprint density at radius 3 is 2.32 bits per heavy atom. The smallest absolute Gasteiger partial charge is 0.415 e. The Balaban J connectivity index is 1.07. The number of anilines is 2. The van der Waals surface area contributed by atoms with Crippen molar-refractivity contribution in [1.82, 2.24) is 35.3 Å². The van der Waals surface area contributed by atoms with Crippen LogP contribution in [0.5, 0.6) is 11.5 Å². The van der Waals surface area contributed by atoms with E-state index in [0.29, 0.717) is 52.0 Å². The number of alkyl carbamates (subject to hydrolysis) is 1. The number of likely N-dealkylation sites (N-methyl/N-ethyl adjacent to an activating group) is 2. The molecule has 5 N–H and O–H groups in total. The van der Waals surface area contributed by atoms with Crippen LogP contribution in [0.3, 0.4) is 0 Å². The first-order valence-corrected chi connectivity index (χ1v) is 25.5. The molecule has 3 heterocycles. The first-order chi connectivity index (χ1) is 36.0. The number of carbonyl (C=O) groups is 6. The van der Waals surface area contributed by atoms with Crippen molar-refractivity contribution in [1.29, 1.82) is 0 Å². The summed E-state index contributed by atoms with van der Waals surface area (Å²) in [6.45, 7) is 13.0. The Morgan fingerprint density at radius 1 is 0.908 bits per heavy atom. The topological polar surface area (TPSA) is 260 Å². The average molecular weight is 1080 g/mol. The maximum atomic E-state index is 14.4. The number of nitrogens with one attached hydrogen (secondary N) is 4. The molecule has 3 aromatic carbocycles. The third-order valence-electron chi connectivity index (χ3n) is 12.1. The van der Waals surface area contributed by atoms with Crippen LogP contribution in [0.1, 0.15) is 75.0 Å². The van der Waals surface area contributed by atoms with Crippen LogP contribution in [-0.4, -0.2) is 170 Å². The van der Waals surface area contributed by atoms with Gasteiger partial charge in [0.2, 0.25) is 11.8 Å². The number of amides is 6. The van der Waals surface area contributed by atoms with Crippen molar-refractivity contribution in [2.24, 2.45) is 5.92 Å². The highest BCUT2D eigenvalue weighted by Gasteiger charge is 2.38. The number of hydrogen-bond acceptors (Lipinski definition) is 15. The van der Waals surface area contributed by atoms with Crippen molar-refractivity contribution in [2.45, 2.75) is 78.7 Å². The fourth-order valence-corrected chi connectivity index (χ4v) is 8.34. The van der Waals surface area contributed by atoms with Crippen LogP contribution in [-0.2, 0) is 30.4 Å². The van der Waals surface area contributed by atoms with Crippen LogP contribution >= 0.6 is 11.6 Å². The number of rotatable bonds is 23. The van der Waals surface area contributed by atoms with Gasteiger partial charge in [-0.3, -0.25) is 14.4 Å². The average Bonchev–Trinajstić information content (AvgIpc) is 4.08. The van der Waals surface area contributed by atoms with Gasteiger partial charge in [-0.2, -0.15) is 0 Å². The quantitative estimate of drug-likeness (QED) is 0.0341. The summed E-state index contributed by atoms with van der Waals surface area (Å²) >= 11 is 6.54. The first-order valence-electron chi connectivity index (χ1n) is 25.0. The van der Waals surface area contributed by atoms with Crippen molar-refractivity contribution in [3.05, 3.63) is 77.3 Å². The molecule has 1 aliphatic heterocycles. The normalized spacial score (nSPS) is 14.1. The summed E-state index contributed by atoms with van der Waals surface area (Å²) in [4.78, 5) is 94.2. The second-order valence-electron chi connectivity index (χ2n) is 20.0. The minimum absolute atomic E-state index is 0.00825. The minimum atomic E-state index is -0.956. The monoisotopic (exact) mass is 1080 g/mol. The zero-order valence-corrected chi connectivity index (χ0v) is 45.5. The number of aliphatic hydroxyl groups is 1. The molecule has 0 saturated heterocycles. The van der Waals surface area contributed by atoms with E-state index in [9.17, 15) is 33.9 Å². The van der Waals surface area contributed by atoms with Crippen molar-refractivity contribution in [3.63, 3.8) is 0 Å². The zero-order chi connectivity index (χ0) is 55.4. The number of aromatic nitrogens is 2. The van der Waals surface area contributed by atoms with Crippen LogP contribution in [0.2, 0.25) is 0 Å². The molecule has 0 fully saturated rings. The van der Waals surface area contributed by atoms with Gasteiger partial charge in [0.15, 0.2) is 17.2 Å². The maximum Gasteiger partial charge on any atom is 0.415 e. The molecule has 0 aliphatic carbocycles. The molecule has 2 aromatic heterocycles. The molecule has 0 radical (unpaired) electrons. The summed E-state index contributed by atoms with van der Waals surface area (Å²) in [5, 5.41) is 18.1. The Morgan fingerprint density at radius 2 is 1.64 bits per heavy atom. The van der Waals surface area contributed by atoms with Crippen molar-refractivity contribution < 1.29 is 62.0 Å². The van der Waals surface area contributed by atoms with Crippen molar-refractivity contribution >= 4 is 81.0 Å². The summed E-state index contributed by atoms with van der Waals surface area (Å²) in [7, 11) is 5.44. The molecule has 76 heavy (non-hydrogen) atoms. The maximum absolute atomic E-state index is 14.4. The van der Waals surface area contributed by atoms with Crippen molar-refractivity contribution in [3.8, 4) is 11.5 Å². The molecule has 3 atom stereocenters. The van der Waals surface area contributed by atoms with Crippen LogP contribution in [0.25, 0.3) is 22.0 Å². The second-order valence-corrected chi connectivity index (χ2v) is 20.3. The molecule has 0 spiro atoms. The number of H-pyrrole nitrogens is 1. The predicted octanol–water partition coefficient (Wildman–Crippen LogP) is 6.61. The largest absolute Gasteiger partial charge is 0.492 e. The molecule has 23 heteroatoms. The highest BCUT2D eigenvalue weighted by Crippen LogP contribution is 2.46. The number of halogens is 1. The Bertz CT molecular complexity index is 2850. The zero-order valence-electron chi connectivity index (χ0n) is 44.7. The minimum Gasteiger partial charge on any atom is -0.492 e. The lowest BCUT2D eigenvalue weighted by atomic mass is 10.0. The Kier molecular flexibility index (Phi) is 19.9. The number of hydrogen-bond donors (Lipinski definition) is 5. The molecule has 22 nitrogen and oxygen atoms in total. The van der Waals surface area contributed by atoms with Gasteiger partial charge in [-0.25, -0.2) is 19.4 Å². The van der Waals surface area contributed by atoms with Gasteiger partial charge in [-0.15, -0.1) is 11.6 Å². The summed E-state index contributed by atoms with van der Waals surface area (Å²) in [5.74, 6) is -0.846. The van der Waals surface area contributed by atoms with E-state index in [0.717, 1.165) is 17.4 Å². The lowest BCUT2D eigenvalue weighted by Gasteiger charge is -2.26. The van der Waals surface area contributed by atoms with Gasteiger partial charge < -0.3 is 73.7 Å². The Labute approximate surface area is 446 Å². The molecule has 1 aliphatic rings. The number of ether oxygens (including phenoxy) is 5. The van der Waals surface area contributed by atoms with E-state index in [1.807, 2.05) is 37.2 Å². The fraction of sp³-hybridized carbons (Fsp3) is 0.491. The molecular weight excluding hydrogens is 1010 g/mol. The van der Waals surface area contributed by atoms with Gasteiger partial charge in [-0.05, 0) is 89.7 Å². The van der Waals surface area contributed by atoms with Gasteiger partial charge in [0.05, 0.1) is 25.5 Å². The molecular formula is C53H70ClN9O13. The lowest BCUT2D eigenvalue weighted by molar-refractivity contribution is -0.128. The van der Waals surface area contributed by atoms with Gasteiger partial charge in [0, 0.05) is 86.7 Å². The molecule has 412 valence electrons. The SMILES string of the molecule is Cc1nc2c3c(cc(OC(=O)N(CCOCCO)CCN(C)C(=O)OCc4ccc(NC(=O)[C@@H](C)NC(=O)[C@H](NC(=O)OC(C)(C)C)C(C)C)cc4)c2o1)N(C(=O)c1cc2cc(OCCN(C)C)ccc2[nH]1)CC3CCl. The molecule has 0 saturated carbocycles. The van der Waals surface area contributed by atoms with E-state index in [1.165, 1.54) is 23.8 Å². The van der Waals surface area contributed by atoms with E-state index >= 15 is 0 Å². The third-order valence-corrected chi connectivity index (χ3v) is 12.5. The van der Waals surface area contributed by atoms with Gasteiger partial charge in [0.1, 0.15) is 47.9 Å². The predicted molar refractivity (Wildman–Crippen MR) is 285 cm³/mol. The number of nitrogens with zero attached hydrogens (tertiary/aromatic N) is 5. The number of fused-ring (bicyclic) bond motifs is 4. The first kappa shape index (κ1) is 58.1. The van der Waals surface area contributed by atoms with E-state index in [2.05, 4.69) is 25.9 Å². The van der Waals surface area contributed by atoms with Crippen LogP contribution in [0.4, 0.5) is 25.8 Å². The van der Waals surface area contributed by atoms with Crippen LogP contribution < -0.4 is 30.3 Å². The van der Waals surface area contributed by atoms with Crippen LogP contribution in [0, 0.1) is 12.8 Å². The number of carbonyl (C=O) groups excluding carboxylic acids is 6. The summed E-state index contributed by atoms with van der Waals surface area (Å²) in [5.41, 5.74) is 3.08. The highest BCUT2D eigenvalue weighted by molar-refractivity contribution is 6.19. The van der Waals surface area contributed by atoms with Crippen LogP contribution in [0.15, 0.2) is 59.0 Å². The molecule has 5 aromatic rings. The number of aromatic amines is 1. The van der Waals surface area contributed by atoms with E-state index in [1.54, 1.807) is 82.8 Å². The number of alkyl halides is 1. The van der Waals surface area contributed by atoms with Gasteiger partial charge in [0.25, 0.3) is 5.91 Å². The molecule has 0 bridgehead atoms. The number of benzene rings is 3. The molecule has 6 amide bonds. The molecule has 1 unspecified atom stereocenters. The molecule has 6 rings (SSSR count). The van der Waals surface area contributed by atoms with E-state index < -0.39 is 47.8 Å². The number of aryl methyl sites for hydroxylation is 1. The standard InChI is InChI=1S/C53H70ClN9O13/c1-31(2)44(59-50(68)76-53(5,6)7)48(66)55-32(3)47(65)57-37-13-11-34(12-14-37)30-73-51(69)61(10)17-18-62(20-22-71-24-21-64)52(70)75-42-27-41-43(45-46(42)74-33(4)56-45)36(28-54)29-63(41)49(67)40-26-35-25-38(15-16-39(35)58-40)72-23-19-60(8)9/h11-16,25-27,31-32,36,44,58,64H,17-24,28-30H2,1-10H3,(H,55,66)(H,57,65)(H,59,68)/t32-,36?,44-/m1/s1. The number of oxazole rings is 1. The summed E-state index contributed by atoms with van der Waals surface area (Å²) in [6, 6.07) is 13.6. The van der Waals surface area contributed by atoms with Gasteiger partial charge in [-0.1, -0.05) is 26.0 Å². The summed E-state index contributed by atoms with van der Waals surface area (Å²) in [6.07, 6.45) is -2.25. The fourth-order valence-electron chi connectivity index (χ4n) is 8.09. The van der Waals surface area contributed by atoms with Crippen molar-refractivity contribution in [2.75, 3.05) is 96.4 Å². The second kappa shape index (κ2) is 26.1. The lowest BCUT2D eigenvalue weighted by Crippen LogP contribution is -2.54. The third kappa shape index (κ3) is 15.5. The Hall–Kier alpha value is -7.14. The number of aliphatic hydroxyl groups excluding tert-OH is 1. The highest BCUT2D eigenvalue weighted by atomic mass is 35.5. The van der Waals surface area contributed by atoms with E-state index in [-0.39, 0.29) is 87.6 Å².